The van der Waals surface area contributed by atoms with Gasteiger partial charge in [0.1, 0.15) is 0 Å². The highest BCUT2D eigenvalue weighted by Crippen LogP contribution is 2.38. The van der Waals surface area contributed by atoms with Gasteiger partial charge in [-0.05, 0) is 24.3 Å². The molecule has 0 saturated heterocycles. The van der Waals surface area contributed by atoms with Crippen molar-refractivity contribution in [1.29, 1.82) is 0 Å². The minimum Gasteiger partial charge on any atom is -0.504 e. The number of aryl methyl sites for hydroxylation is 2. The maximum atomic E-state index is 9.73. The van der Waals surface area contributed by atoms with Crippen LogP contribution in [0, 0.1) is 0 Å². The molecule has 0 aliphatic carbocycles. The summed E-state index contributed by atoms with van der Waals surface area (Å²) in [5.74, 6) is -0.651. The molecule has 2 aromatic carbocycles. The van der Waals surface area contributed by atoms with Crippen LogP contribution in [-0.4, -0.2) is 29.6 Å². The van der Waals surface area contributed by atoms with Crippen LogP contribution in [0.25, 0.3) is 33.2 Å². The number of rotatable bonds is 1. The summed E-state index contributed by atoms with van der Waals surface area (Å²) in [6.07, 6.45) is 0. The van der Waals surface area contributed by atoms with Crippen LogP contribution in [0.5, 0.6) is 23.0 Å². The molecule has 4 N–H and O–H groups in total. The van der Waals surface area contributed by atoms with Crippen molar-refractivity contribution in [2.75, 3.05) is 0 Å². The molecule has 0 saturated carbocycles. The first-order chi connectivity index (χ1) is 11.4. The average molecular weight is 324 g/mol. The summed E-state index contributed by atoms with van der Waals surface area (Å²) in [5.41, 5.74) is 3.34. The van der Waals surface area contributed by atoms with E-state index in [1.54, 1.807) is 0 Å². The number of phenols is 4. The molecule has 0 amide bonds. The number of aromatic nitrogens is 2. The van der Waals surface area contributed by atoms with Crippen molar-refractivity contribution >= 4 is 21.8 Å². The first kappa shape index (κ1) is 14.3. The molecule has 0 radical (unpaired) electrons. The third kappa shape index (κ3) is 1.83. The topological polar surface area (TPSA) is 90.8 Å². The highest BCUT2D eigenvalue weighted by atomic mass is 16.3. The van der Waals surface area contributed by atoms with Gasteiger partial charge in [-0.15, -0.1) is 0 Å². The predicted octanol–water partition coefficient (Wildman–Crippen LogP) is 3.16. The zero-order valence-electron chi connectivity index (χ0n) is 13.1. The lowest BCUT2D eigenvalue weighted by Gasteiger charge is -2.07. The van der Waals surface area contributed by atoms with E-state index in [4.69, 9.17) is 0 Å². The Morgan fingerprint density at radius 1 is 0.542 bits per heavy atom. The summed E-state index contributed by atoms with van der Waals surface area (Å²) in [7, 11) is 3.75. The zero-order valence-corrected chi connectivity index (χ0v) is 13.1. The smallest absolute Gasteiger partial charge is 0.159 e. The number of hydrogen-bond acceptors (Lipinski definition) is 4. The number of benzene rings is 2. The van der Waals surface area contributed by atoms with Crippen LogP contribution in [-0.2, 0) is 14.1 Å². The van der Waals surface area contributed by atoms with Gasteiger partial charge in [-0.1, -0.05) is 0 Å². The number of hydrogen-bond donors (Lipinski definition) is 4. The highest BCUT2D eigenvalue weighted by Gasteiger charge is 2.16. The molecule has 2 aromatic heterocycles. The Kier molecular flexibility index (Phi) is 2.75. The Bertz CT molecular complexity index is 1030. The summed E-state index contributed by atoms with van der Waals surface area (Å²) in [5, 5.41) is 40.5. The van der Waals surface area contributed by atoms with Crippen LogP contribution in [0.4, 0.5) is 0 Å². The van der Waals surface area contributed by atoms with E-state index >= 15 is 0 Å². The molecule has 0 aliphatic heterocycles. The van der Waals surface area contributed by atoms with Gasteiger partial charge in [0, 0.05) is 37.0 Å². The van der Waals surface area contributed by atoms with Crippen molar-refractivity contribution in [2.24, 2.45) is 14.1 Å². The van der Waals surface area contributed by atoms with Gasteiger partial charge in [-0.2, -0.15) is 0 Å². The second kappa shape index (κ2) is 4.61. The summed E-state index contributed by atoms with van der Waals surface area (Å²) < 4.78 is 3.84. The van der Waals surface area contributed by atoms with E-state index < -0.39 is 0 Å². The predicted molar refractivity (Wildman–Crippen MR) is 91.5 cm³/mol. The number of phenolic OH excluding ortho intramolecular Hbond substituents is 4. The van der Waals surface area contributed by atoms with Crippen LogP contribution in [0.15, 0.2) is 36.4 Å². The lowest BCUT2D eigenvalue weighted by atomic mass is 10.2. The maximum absolute atomic E-state index is 9.73. The lowest BCUT2D eigenvalue weighted by Crippen LogP contribution is -1.96. The van der Waals surface area contributed by atoms with E-state index in [0.717, 1.165) is 33.2 Å². The molecule has 4 rings (SSSR count). The molecule has 4 aromatic rings. The zero-order chi connectivity index (χ0) is 17.2. The van der Waals surface area contributed by atoms with Gasteiger partial charge in [0.15, 0.2) is 23.0 Å². The van der Waals surface area contributed by atoms with E-state index in [2.05, 4.69) is 0 Å². The Morgan fingerprint density at radius 2 is 0.875 bits per heavy atom. The molecular formula is C18H16N2O4. The van der Waals surface area contributed by atoms with Crippen LogP contribution in [0.1, 0.15) is 0 Å². The van der Waals surface area contributed by atoms with E-state index in [1.165, 1.54) is 24.3 Å². The van der Waals surface area contributed by atoms with E-state index in [9.17, 15) is 20.4 Å². The number of nitrogens with zero attached hydrogens (tertiary/aromatic N) is 2. The molecule has 0 spiro atoms. The quantitative estimate of drug-likeness (QED) is 0.405. The summed E-state index contributed by atoms with van der Waals surface area (Å²) in [6.45, 7) is 0. The molecule has 24 heavy (non-hydrogen) atoms. The van der Waals surface area contributed by atoms with Gasteiger partial charge in [-0.25, -0.2) is 0 Å². The maximum Gasteiger partial charge on any atom is 0.159 e. The molecule has 0 aliphatic rings. The highest BCUT2D eigenvalue weighted by molar-refractivity contribution is 5.93. The minimum atomic E-state index is -0.165. The van der Waals surface area contributed by atoms with Gasteiger partial charge in [0.2, 0.25) is 0 Å². The van der Waals surface area contributed by atoms with E-state index in [0.29, 0.717) is 0 Å². The molecule has 2 heterocycles. The Morgan fingerprint density at radius 3 is 1.25 bits per heavy atom. The monoisotopic (exact) mass is 324 g/mol. The van der Waals surface area contributed by atoms with Gasteiger partial charge in [0.25, 0.3) is 0 Å². The van der Waals surface area contributed by atoms with Gasteiger partial charge in [0.05, 0.1) is 22.4 Å². The molecule has 0 unspecified atom stereocenters. The van der Waals surface area contributed by atoms with E-state index in [1.807, 2.05) is 35.4 Å². The van der Waals surface area contributed by atoms with Crippen molar-refractivity contribution in [1.82, 2.24) is 9.13 Å². The van der Waals surface area contributed by atoms with Gasteiger partial charge >= 0.3 is 0 Å². The Hall–Kier alpha value is -3.28. The summed E-state index contributed by atoms with van der Waals surface area (Å²) in [4.78, 5) is 0. The van der Waals surface area contributed by atoms with Crippen molar-refractivity contribution in [3.05, 3.63) is 36.4 Å². The largest absolute Gasteiger partial charge is 0.504 e. The molecular weight excluding hydrogens is 308 g/mol. The SMILES string of the molecule is Cn1c(-c2cc3cc(O)c(O)cc3n2C)cc2cc(O)c(O)cc21. The minimum absolute atomic E-state index is 0.161. The molecule has 0 atom stereocenters. The third-order valence-corrected chi connectivity index (χ3v) is 4.54. The molecule has 122 valence electrons. The fourth-order valence-corrected chi connectivity index (χ4v) is 3.22. The second-order valence-corrected chi connectivity index (χ2v) is 5.98. The normalized spacial score (nSPS) is 11.6. The first-order valence-corrected chi connectivity index (χ1v) is 7.40. The van der Waals surface area contributed by atoms with Crippen LogP contribution in [0.3, 0.4) is 0 Å². The Labute approximate surface area is 137 Å². The summed E-state index contributed by atoms with van der Waals surface area (Å²) >= 11 is 0. The average Bonchev–Trinajstić information content (AvgIpc) is 3.00. The standard InChI is InChI=1S/C18H16N2O4/c1-19-11-7-17(23)15(21)5-9(11)3-13(19)14-4-10-6-16(22)18(24)8-12(10)20(14)2/h3-8,21-24H,1-2H3. The molecule has 6 nitrogen and oxygen atoms in total. The first-order valence-electron chi connectivity index (χ1n) is 7.40. The van der Waals surface area contributed by atoms with Crippen molar-refractivity contribution in [3.63, 3.8) is 0 Å². The number of fused-ring (bicyclic) bond motifs is 2. The molecule has 0 fully saturated rings. The van der Waals surface area contributed by atoms with Gasteiger partial charge in [-0.3, -0.25) is 0 Å². The van der Waals surface area contributed by atoms with Crippen LogP contribution < -0.4 is 0 Å². The fourth-order valence-electron chi connectivity index (χ4n) is 3.22. The fraction of sp³-hybridized carbons (Fsp3) is 0.111. The van der Waals surface area contributed by atoms with Crippen molar-refractivity contribution in [2.45, 2.75) is 0 Å². The third-order valence-electron chi connectivity index (χ3n) is 4.54. The molecule has 0 bridgehead atoms. The van der Waals surface area contributed by atoms with Crippen molar-refractivity contribution < 1.29 is 20.4 Å². The Balaban J connectivity index is 2.02. The van der Waals surface area contributed by atoms with Crippen LogP contribution in [0.2, 0.25) is 0 Å². The van der Waals surface area contributed by atoms with Gasteiger partial charge < -0.3 is 29.6 Å². The second-order valence-electron chi connectivity index (χ2n) is 5.98. The molecule has 6 heteroatoms. The number of aromatic hydroxyl groups is 4. The summed E-state index contributed by atoms with van der Waals surface area (Å²) in [6, 6.07) is 9.93. The van der Waals surface area contributed by atoms with E-state index in [-0.39, 0.29) is 23.0 Å². The lowest BCUT2D eigenvalue weighted by molar-refractivity contribution is 0.404. The van der Waals surface area contributed by atoms with Crippen LogP contribution >= 0.6 is 0 Å². The van der Waals surface area contributed by atoms with Crippen molar-refractivity contribution in [3.8, 4) is 34.4 Å².